The fraction of sp³-hybridized carbons (Fsp3) is 0.538. The van der Waals surface area contributed by atoms with E-state index in [-0.39, 0.29) is 18.1 Å². The fourth-order valence-corrected chi connectivity index (χ4v) is 5.11. The third-order valence-electron chi connectivity index (χ3n) is 7.00. The smallest absolute Gasteiger partial charge is 0.338 e. The van der Waals surface area contributed by atoms with Crippen molar-refractivity contribution in [2.24, 2.45) is 7.05 Å². The number of pyridine rings is 1. The highest BCUT2D eigenvalue weighted by atomic mass is 16.5. The molecule has 33 heavy (non-hydrogen) atoms. The van der Waals surface area contributed by atoms with Gasteiger partial charge in [0.2, 0.25) is 0 Å². The maximum atomic E-state index is 13.0. The van der Waals surface area contributed by atoms with Crippen LogP contribution in [0.15, 0.2) is 30.7 Å². The summed E-state index contributed by atoms with van der Waals surface area (Å²) in [5.74, 6) is 0.651. The first-order valence-electron chi connectivity index (χ1n) is 11.9. The first kappa shape index (κ1) is 23.5. The highest BCUT2D eigenvalue weighted by Gasteiger charge is 2.29. The molecule has 0 amide bonds. The molecule has 0 aliphatic carbocycles. The van der Waals surface area contributed by atoms with Gasteiger partial charge in [-0.2, -0.15) is 0 Å². The Labute approximate surface area is 197 Å². The summed E-state index contributed by atoms with van der Waals surface area (Å²) in [4.78, 5) is 22.4. The van der Waals surface area contributed by atoms with Crippen LogP contribution >= 0.6 is 0 Å². The van der Waals surface area contributed by atoms with E-state index in [4.69, 9.17) is 4.74 Å². The second-order valence-electron chi connectivity index (χ2n) is 9.81. The Hall–Kier alpha value is -2.64. The Kier molecular flexibility index (Phi) is 6.64. The zero-order valence-corrected chi connectivity index (χ0v) is 21.0. The van der Waals surface area contributed by atoms with Crippen molar-refractivity contribution in [3.05, 3.63) is 47.5 Å². The molecule has 1 fully saturated rings. The van der Waals surface area contributed by atoms with Crippen LogP contribution in [-0.2, 0) is 11.8 Å². The van der Waals surface area contributed by atoms with Crippen LogP contribution < -0.4 is 0 Å². The number of hydrogen-bond acceptors (Lipinski definition) is 5. The summed E-state index contributed by atoms with van der Waals surface area (Å²) in [5, 5.41) is 0. The molecule has 0 saturated carbocycles. The van der Waals surface area contributed by atoms with E-state index in [1.165, 1.54) is 0 Å². The van der Waals surface area contributed by atoms with Crippen molar-refractivity contribution in [3.8, 4) is 11.4 Å². The minimum Gasteiger partial charge on any atom is -0.459 e. The van der Waals surface area contributed by atoms with Gasteiger partial charge in [-0.25, -0.2) is 9.78 Å². The third kappa shape index (κ3) is 4.57. The lowest BCUT2D eigenvalue weighted by molar-refractivity contribution is 0.0376. The van der Waals surface area contributed by atoms with Crippen molar-refractivity contribution in [1.29, 1.82) is 0 Å². The summed E-state index contributed by atoms with van der Waals surface area (Å²) < 4.78 is 9.86. The quantitative estimate of drug-likeness (QED) is 0.523. The van der Waals surface area contributed by atoms with Crippen LogP contribution in [-0.4, -0.2) is 69.1 Å². The Morgan fingerprint density at radius 2 is 1.88 bits per heavy atom. The number of ether oxygens (including phenoxy) is 1. The summed E-state index contributed by atoms with van der Waals surface area (Å²) in [5.41, 5.74) is 4.80. The Morgan fingerprint density at radius 3 is 2.45 bits per heavy atom. The van der Waals surface area contributed by atoms with E-state index in [0.29, 0.717) is 11.6 Å². The van der Waals surface area contributed by atoms with E-state index in [2.05, 4.69) is 59.4 Å². The lowest BCUT2D eigenvalue weighted by Gasteiger charge is -2.39. The Morgan fingerprint density at radius 1 is 1.18 bits per heavy atom. The second kappa shape index (κ2) is 9.31. The summed E-state index contributed by atoms with van der Waals surface area (Å²) >= 11 is 0. The van der Waals surface area contributed by atoms with E-state index in [1.807, 2.05) is 43.9 Å². The minimum atomic E-state index is -0.260. The molecule has 4 rings (SSSR count). The number of piperidine rings is 1. The van der Waals surface area contributed by atoms with Crippen molar-refractivity contribution in [2.75, 3.05) is 27.2 Å². The van der Waals surface area contributed by atoms with Crippen LogP contribution in [0.1, 0.15) is 61.3 Å². The standard InChI is InChI=1S/C26H37N5O2/c1-17(2)33-26(32)23-15-22-14-20(25-27-10-13-29(25)7)16-31(22)24(18(23)3)19(4)30-11-8-21(9-12-30)28(5)6/h10,13-17,19,21H,8-9,11-12H2,1-7H3. The summed E-state index contributed by atoms with van der Waals surface area (Å²) in [6.07, 6.45) is 8.06. The maximum absolute atomic E-state index is 13.0. The number of carbonyl (C=O) groups excluding carboxylic acids is 1. The molecular formula is C26H37N5O2. The topological polar surface area (TPSA) is 55.0 Å². The molecular weight excluding hydrogens is 414 g/mol. The van der Waals surface area contributed by atoms with Crippen molar-refractivity contribution in [2.45, 2.75) is 58.7 Å². The third-order valence-corrected chi connectivity index (χ3v) is 7.00. The summed E-state index contributed by atoms with van der Waals surface area (Å²) in [6, 6.07) is 4.87. The molecule has 3 aromatic heterocycles. The number of carbonyl (C=O) groups is 1. The molecule has 1 aliphatic heterocycles. The Balaban J connectivity index is 1.80. The van der Waals surface area contributed by atoms with Gasteiger partial charge in [0, 0.05) is 67.6 Å². The second-order valence-corrected chi connectivity index (χ2v) is 9.81. The van der Waals surface area contributed by atoms with Gasteiger partial charge in [-0.3, -0.25) is 4.90 Å². The zero-order valence-electron chi connectivity index (χ0n) is 21.0. The molecule has 0 N–H and O–H groups in total. The van der Waals surface area contributed by atoms with Crippen molar-refractivity contribution < 1.29 is 9.53 Å². The van der Waals surface area contributed by atoms with Gasteiger partial charge < -0.3 is 18.6 Å². The van der Waals surface area contributed by atoms with Crippen molar-refractivity contribution >= 4 is 11.5 Å². The van der Waals surface area contributed by atoms with E-state index < -0.39 is 0 Å². The van der Waals surface area contributed by atoms with Gasteiger partial charge in [0.15, 0.2) is 0 Å². The summed E-state index contributed by atoms with van der Waals surface area (Å²) in [6.45, 7) is 10.2. The first-order chi connectivity index (χ1) is 15.7. The molecule has 0 spiro atoms. The number of rotatable bonds is 6. The molecule has 4 heterocycles. The first-order valence-corrected chi connectivity index (χ1v) is 11.9. The van der Waals surface area contributed by atoms with Crippen LogP contribution in [0.5, 0.6) is 0 Å². The lowest BCUT2D eigenvalue weighted by Crippen LogP contribution is -2.43. The molecule has 1 aliphatic rings. The number of esters is 1. The van der Waals surface area contributed by atoms with Gasteiger partial charge in [-0.15, -0.1) is 0 Å². The molecule has 7 nitrogen and oxygen atoms in total. The molecule has 3 aromatic rings. The van der Waals surface area contributed by atoms with Crippen LogP contribution in [0.2, 0.25) is 0 Å². The molecule has 1 atom stereocenters. The van der Waals surface area contributed by atoms with Crippen molar-refractivity contribution in [3.63, 3.8) is 0 Å². The number of likely N-dealkylation sites (tertiary alicyclic amines) is 1. The average Bonchev–Trinajstić information content (AvgIpc) is 3.37. The molecule has 178 valence electrons. The van der Waals surface area contributed by atoms with Crippen LogP contribution in [0, 0.1) is 6.92 Å². The van der Waals surface area contributed by atoms with Gasteiger partial charge >= 0.3 is 5.97 Å². The average molecular weight is 452 g/mol. The predicted octanol–water partition coefficient (Wildman–Crippen LogP) is 4.30. The molecule has 7 heteroatoms. The number of fused-ring (bicyclic) bond motifs is 1. The normalized spacial score (nSPS) is 16.8. The predicted molar refractivity (Wildman–Crippen MR) is 132 cm³/mol. The Bertz CT molecular complexity index is 1140. The summed E-state index contributed by atoms with van der Waals surface area (Å²) in [7, 11) is 6.33. The maximum Gasteiger partial charge on any atom is 0.338 e. The highest BCUT2D eigenvalue weighted by molar-refractivity contribution is 5.93. The SMILES string of the molecule is Cc1c(C(=O)OC(C)C)cc2cc(-c3nccn3C)cn2c1C(C)N1CCC(N(C)C)CC1. The van der Waals surface area contributed by atoms with Crippen LogP contribution in [0.3, 0.4) is 0 Å². The van der Waals surface area contributed by atoms with Gasteiger partial charge in [-0.1, -0.05) is 0 Å². The monoisotopic (exact) mass is 451 g/mol. The van der Waals surface area contributed by atoms with Crippen LogP contribution in [0.4, 0.5) is 0 Å². The number of aryl methyl sites for hydroxylation is 1. The number of nitrogens with zero attached hydrogens (tertiary/aromatic N) is 5. The van der Waals surface area contributed by atoms with E-state index in [0.717, 1.165) is 54.1 Å². The lowest BCUT2D eigenvalue weighted by atomic mass is 9.98. The molecule has 0 aromatic carbocycles. The largest absolute Gasteiger partial charge is 0.459 e. The van der Waals surface area contributed by atoms with E-state index in [9.17, 15) is 4.79 Å². The number of hydrogen-bond donors (Lipinski definition) is 0. The molecule has 1 unspecified atom stereocenters. The molecule has 0 bridgehead atoms. The van der Waals surface area contributed by atoms with E-state index >= 15 is 0 Å². The molecule has 1 saturated heterocycles. The van der Waals surface area contributed by atoms with Crippen molar-refractivity contribution in [1.82, 2.24) is 23.8 Å². The van der Waals surface area contributed by atoms with Gasteiger partial charge in [0.05, 0.1) is 11.7 Å². The van der Waals surface area contributed by atoms with Crippen LogP contribution in [0.25, 0.3) is 16.9 Å². The number of imidazole rings is 1. The highest BCUT2D eigenvalue weighted by Crippen LogP contribution is 2.33. The fourth-order valence-electron chi connectivity index (χ4n) is 5.11. The zero-order chi connectivity index (χ0) is 23.9. The number of aromatic nitrogens is 3. The minimum absolute atomic E-state index is 0.158. The van der Waals surface area contributed by atoms with Gasteiger partial charge in [0.25, 0.3) is 0 Å². The van der Waals surface area contributed by atoms with Gasteiger partial charge in [-0.05, 0) is 72.3 Å². The molecule has 0 radical (unpaired) electrons. The van der Waals surface area contributed by atoms with E-state index in [1.54, 1.807) is 0 Å². The van der Waals surface area contributed by atoms with Gasteiger partial charge in [0.1, 0.15) is 5.82 Å².